The van der Waals surface area contributed by atoms with E-state index in [1.807, 2.05) is 0 Å². The number of rotatable bonds is 3. The third-order valence-corrected chi connectivity index (χ3v) is 2.84. The average molecular weight is 185 g/mol. The Labute approximate surface area is 77.5 Å². The first-order valence-corrected chi connectivity index (χ1v) is 4.80. The molecule has 0 aromatic carbocycles. The maximum atomic E-state index is 10.6. The molecule has 0 aromatic heterocycles. The van der Waals surface area contributed by atoms with Crippen LogP contribution in [0.1, 0.15) is 6.42 Å². The van der Waals surface area contributed by atoms with E-state index in [0.717, 1.165) is 39.3 Å². The maximum Gasteiger partial charge on any atom is 0.306 e. The van der Waals surface area contributed by atoms with Crippen LogP contribution in [0.25, 0.3) is 0 Å². The standard InChI is InChI=1S/C9H15NO3/c11-9(12)8-5-7(8)6-10-1-3-13-4-2-10/h7-8H,1-6H2,(H,11,12)/t7?,8-/m0/s1. The Balaban J connectivity index is 1.70. The molecule has 2 atom stereocenters. The molecule has 4 nitrogen and oxygen atoms in total. The quantitative estimate of drug-likeness (QED) is 0.674. The molecule has 1 saturated heterocycles. The van der Waals surface area contributed by atoms with Crippen LogP contribution in [0, 0.1) is 11.8 Å². The van der Waals surface area contributed by atoms with Crippen molar-refractivity contribution in [2.75, 3.05) is 32.8 Å². The number of aliphatic carboxylic acids is 1. The monoisotopic (exact) mass is 185 g/mol. The lowest BCUT2D eigenvalue weighted by atomic mass is 10.3. The number of hydrogen-bond acceptors (Lipinski definition) is 3. The molecule has 0 amide bonds. The van der Waals surface area contributed by atoms with Crippen molar-refractivity contribution in [3.8, 4) is 0 Å². The molecule has 1 heterocycles. The number of morpholine rings is 1. The number of nitrogens with zero attached hydrogens (tertiary/aromatic N) is 1. The zero-order valence-corrected chi connectivity index (χ0v) is 7.61. The van der Waals surface area contributed by atoms with Gasteiger partial charge in [0.2, 0.25) is 0 Å². The highest BCUT2D eigenvalue weighted by Gasteiger charge is 2.43. The molecule has 1 aliphatic heterocycles. The van der Waals surface area contributed by atoms with Gasteiger partial charge in [-0.05, 0) is 12.3 Å². The second kappa shape index (κ2) is 3.64. The number of ether oxygens (including phenoxy) is 1. The number of carbonyl (C=O) groups is 1. The topological polar surface area (TPSA) is 49.8 Å². The molecule has 0 bridgehead atoms. The van der Waals surface area contributed by atoms with E-state index in [4.69, 9.17) is 9.84 Å². The van der Waals surface area contributed by atoms with Crippen LogP contribution in [0.5, 0.6) is 0 Å². The molecule has 2 aliphatic rings. The summed E-state index contributed by atoms with van der Waals surface area (Å²) in [4.78, 5) is 12.9. The summed E-state index contributed by atoms with van der Waals surface area (Å²) < 4.78 is 5.22. The predicted molar refractivity (Wildman–Crippen MR) is 46.5 cm³/mol. The van der Waals surface area contributed by atoms with Gasteiger partial charge >= 0.3 is 5.97 Å². The Morgan fingerprint density at radius 3 is 2.69 bits per heavy atom. The van der Waals surface area contributed by atoms with Crippen LogP contribution < -0.4 is 0 Å². The first-order valence-electron chi connectivity index (χ1n) is 4.80. The highest BCUT2D eigenvalue weighted by molar-refractivity contribution is 5.73. The van der Waals surface area contributed by atoms with Crippen molar-refractivity contribution < 1.29 is 14.6 Å². The van der Waals surface area contributed by atoms with Gasteiger partial charge in [-0.25, -0.2) is 0 Å². The summed E-state index contributed by atoms with van der Waals surface area (Å²) in [6.07, 6.45) is 0.868. The maximum absolute atomic E-state index is 10.6. The number of carboxylic acids is 1. The summed E-state index contributed by atoms with van der Waals surface area (Å²) in [5.74, 6) is -0.295. The fourth-order valence-corrected chi connectivity index (χ4v) is 1.87. The van der Waals surface area contributed by atoms with Crippen LogP contribution in [-0.2, 0) is 9.53 Å². The summed E-state index contributed by atoms with van der Waals surface area (Å²) in [5.41, 5.74) is 0. The average Bonchev–Trinajstić information content (AvgIpc) is 2.86. The van der Waals surface area contributed by atoms with Gasteiger partial charge in [0.15, 0.2) is 0 Å². The number of carboxylic acid groups (broad SMARTS) is 1. The van der Waals surface area contributed by atoms with Crippen molar-refractivity contribution >= 4 is 5.97 Å². The van der Waals surface area contributed by atoms with E-state index in [-0.39, 0.29) is 5.92 Å². The van der Waals surface area contributed by atoms with Gasteiger partial charge in [0.05, 0.1) is 19.1 Å². The third kappa shape index (κ3) is 2.19. The minimum Gasteiger partial charge on any atom is -0.481 e. The summed E-state index contributed by atoms with van der Waals surface area (Å²) >= 11 is 0. The highest BCUT2D eigenvalue weighted by atomic mass is 16.5. The van der Waals surface area contributed by atoms with E-state index in [1.165, 1.54) is 0 Å². The minimum atomic E-state index is -0.627. The van der Waals surface area contributed by atoms with Crippen LogP contribution in [0.2, 0.25) is 0 Å². The minimum absolute atomic E-state index is 0.0668. The van der Waals surface area contributed by atoms with Crippen LogP contribution in [0.3, 0.4) is 0 Å². The van der Waals surface area contributed by atoms with Gasteiger partial charge in [0.1, 0.15) is 0 Å². The third-order valence-electron chi connectivity index (χ3n) is 2.84. The molecule has 1 aliphatic carbocycles. The molecule has 0 radical (unpaired) electrons. The fourth-order valence-electron chi connectivity index (χ4n) is 1.87. The predicted octanol–water partition coefficient (Wildman–Crippen LogP) is 0.0393. The summed E-state index contributed by atoms with van der Waals surface area (Å²) in [7, 11) is 0. The van der Waals surface area contributed by atoms with Crippen molar-refractivity contribution in [3.05, 3.63) is 0 Å². The van der Waals surface area contributed by atoms with E-state index in [9.17, 15) is 4.79 Å². The van der Waals surface area contributed by atoms with Crippen LogP contribution in [-0.4, -0.2) is 48.8 Å². The van der Waals surface area contributed by atoms with Gasteiger partial charge in [-0.15, -0.1) is 0 Å². The molecule has 0 spiro atoms. The Bertz CT molecular complexity index is 201. The van der Waals surface area contributed by atoms with Crippen molar-refractivity contribution in [1.29, 1.82) is 0 Å². The van der Waals surface area contributed by atoms with E-state index >= 15 is 0 Å². The molecule has 2 rings (SSSR count). The van der Waals surface area contributed by atoms with Gasteiger partial charge in [0, 0.05) is 19.6 Å². The lowest BCUT2D eigenvalue weighted by Gasteiger charge is -2.26. The molecular formula is C9H15NO3. The zero-order valence-electron chi connectivity index (χ0n) is 7.61. The first-order chi connectivity index (χ1) is 6.27. The first kappa shape index (κ1) is 8.97. The van der Waals surface area contributed by atoms with Crippen molar-refractivity contribution in [2.45, 2.75) is 6.42 Å². The summed E-state index contributed by atoms with van der Waals surface area (Å²) in [6.45, 7) is 4.46. The van der Waals surface area contributed by atoms with Crippen molar-refractivity contribution in [2.24, 2.45) is 11.8 Å². The van der Waals surface area contributed by atoms with Crippen LogP contribution in [0.15, 0.2) is 0 Å². The molecule has 13 heavy (non-hydrogen) atoms. The molecular weight excluding hydrogens is 170 g/mol. The molecule has 74 valence electrons. The zero-order chi connectivity index (χ0) is 9.26. The summed E-state index contributed by atoms with van der Waals surface area (Å²) in [6, 6.07) is 0. The van der Waals surface area contributed by atoms with E-state index < -0.39 is 5.97 Å². The second-order valence-electron chi connectivity index (χ2n) is 3.85. The van der Waals surface area contributed by atoms with E-state index in [1.54, 1.807) is 0 Å². The van der Waals surface area contributed by atoms with Gasteiger partial charge < -0.3 is 9.84 Å². The Kier molecular flexibility index (Phi) is 2.51. The molecule has 1 N–H and O–H groups in total. The van der Waals surface area contributed by atoms with Crippen molar-refractivity contribution in [3.63, 3.8) is 0 Å². The highest BCUT2D eigenvalue weighted by Crippen LogP contribution is 2.39. The lowest BCUT2D eigenvalue weighted by Crippen LogP contribution is -2.37. The fraction of sp³-hybridized carbons (Fsp3) is 0.889. The molecule has 0 aromatic rings. The molecule has 4 heteroatoms. The molecule has 1 unspecified atom stereocenters. The largest absolute Gasteiger partial charge is 0.481 e. The van der Waals surface area contributed by atoms with E-state index in [0.29, 0.717) is 5.92 Å². The Morgan fingerprint density at radius 1 is 1.46 bits per heavy atom. The summed E-state index contributed by atoms with van der Waals surface area (Å²) in [5, 5.41) is 8.71. The number of hydrogen-bond donors (Lipinski definition) is 1. The van der Waals surface area contributed by atoms with Gasteiger partial charge in [-0.1, -0.05) is 0 Å². The lowest BCUT2D eigenvalue weighted by molar-refractivity contribution is -0.138. The second-order valence-corrected chi connectivity index (χ2v) is 3.85. The van der Waals surface area contributed by atoms with Crippen molar-refractivity contribution in [1.82, 2.24) is 4.90 Å². The molecule has 1 saturated carbocycles. The Hall–Kier alpha value is -0.610. The molecule has 2 fully saturated rings. The van der Waals surface area contributed by atoms with Gasteiger partial charge in [-0.3, -0.25) is 9.69 Å². The SMILES string of the molecule is O=C(O)[C@H]1CC1CN1CCOCC1. The van der Waals surface area contributed by atoms with Gasteiger partial charge in [-0.2, -0.15) is 0 Å². The van der Waals surface area contributed by atoms with Crippen LogP contribution >= 0.6 is 0 Å². The Morgan fingerprint density at radius 2 is 2.15 bits per heavy atom. The normalized spacial score (nSPS) is 34.5. The smallest absolute Gasteiger partial charge is 0.306 e. The van der Waals surface area contributed by atoms with E-state index in [2.05, 4.69) is 4.90 Å². The van der Waals surface area contributed by atoms with Crippen LogP contribution in [0.4, 0.5) is 0 Å². The van der Waals surface area contributed by atoms with Gasteiger partial charge in [0.25, 0.3) is 0 Å².